The molecule has 1 saturated heterocycles. The van der Waals surface area contributed by atoms with Gasteiger partial charge in [0, 0.05) is 31.1 Å². The Hall–Kier alpha value is -1.85. The van der Waals surface area contributed by atoms with E-state index in [4.69, 9.17) is 4.74 Å². The third kappa shape index (κ3) is 3.82. The van der Waals surface area contributed by atoms with Crippen LogP contribution in [0, 0.1) is 5.92 Å². The summed E-state index contributed by atoms with van der Waals surface area (Å²) in [5.74, 6) is 0.644. The minimum Gasteiger partial charge on any atom is -0.490 e. The molecule has 0 radical (unpaired) electrons. The monoisotopic (exact) mass is 276 g/mol. The Balaban J connectivity index is 1.84. The summed E-state index contributed by atoms with van der Waals surface area (Å²) in [6.07, 6.45) is 1.28. The van der Waals surface area contributed by atoms with Crippen molar-refractivity contribution in [2.45, 2.75) is 6.10 Å². The van der Waals surface area contributed by atoms with Crippen LogP contribution in [0.4, 0.5) is 0 Å². The van der Waals surface area contributed by atoms with Crippen molar-refractivity contribution in [3.05, 3.63) is 42.5 Å². The van der Waals surface area contributed by atoms with Crippen molar-refractivity contribution in [1.29, 1.82) is 0 Å². The van der Waals surface area contributed by atoms with Gasteiger partial charge in [-0.3, -0.25) is 4.79 Å². The Morgan fingerprint density at radius 3 is 2.80 bits per heavy atom. The number of nitrogens with one attached hydrogen (secondary N) is 2. The number of hydrogen-bond acceptors (Lipinski definition) is 4. The summed E-state index contributed by atoms with van der Waals surface area (Å²) in [6.45, 7) is 5.82. The van der Waals surface area contributed by atoms with Crippen LogP contribution in [0.5, 0.6) is 5.75 Å². The highest BCUT2D eigenvalue weighted by Crippen LogP contribution is 2.13. The van der Waals surface area contributed by atoms with Gasteiger partial charge in [0.15, 0.2) is 0 Å². The third-order valence-corrected chi connectivity index (χ3v) is 3.31. The van der Waals surface area contributed by atoms with Gasteiger partial charge < -0.3 is 20.5 Å². The molecule has 5 heteroatoms. The molecular formula is C15H20N2O3. The number of carbonyl (C=O) groups is 1. The highest BCUT2D eigenvalue weighted by atomic mass is 16.5. The molecule has 1 aliphatic rings. The van der Waals surface area contributed by atoms with Gasteiger partial charge in [0.25, 0.3) is 5.91 Å². The second kappa shape index (κ2) is 7.07. The van der Waals surface area contributed by atoms with Crippen LogP contribution in [-0.2, 0) is 0 Å². The highest BCUT2D eigenvalue weighted by molar-refractivity contribution is 5.94. The lowest BCUT2D eigenvalue weighted by molar-refractivity contribution is 0.0927. The van der Waals surface area contributed by atoms with E-state index in [2.05, 4.69) is 17.2 Å². The summed E-state index contributed by atoms with van der Waals surface area (Å²) >= 11 is 0. The fourth-order valence-corrected chi connectivity index (χ4v) is 2.11. The van der Waals surface area contributed by atoms with Gasteiger partial charge in [-0.2, -0.15) is 0 Å². The SMILES string of the molecule is C=CCOc1ccc(C(=O)NCC2CNCC2O)cc1. The topological polar surface area (TPSA) is 70.6 Å². The lowest BCUT2D eigenvalue weighted by Crippen LogP contribution is -2.34. The molecule has 5 nitrogen and oxygen atoms in total. The lowest BCUT2D eigenvalue weighted by Gasteiger charge is -2.14. The fourth-order valence-electron chi connectivity index (χ4n) is 2.11. The summed E-state index contributed by atoms with van der Waals surface area (Å²) < 4.78 is 5.35. The average Bonchev–Trinajstić information content (AvgIpc) is 2.88. The van der Waals surface area contributed by atoms with Gasteiger partial charge in [-0.25, -0.2) is 0 Å². The molecule has 2 rings (SSSR count). The molecule has 1 amide bonds. The molecule has 2 unspecified atom stereocenters. The van der Waals surface area contributed by atoms with Gasteiger partial charge in [-0.05, 0) is 24.3 Å². The van der Waals surface area contributed by atoms with Crippen molar-refractivity contribution in [1.82, 2.24) is 10.6 Å². The zero-order valence-corrected chi connectivity index (χ0v) is 11.3. The highest BCUT2D eigenvalue weighted by Gasteiger charge is 2.25. The van der Waals surface area contributed by atoms with E-state index in [9.17, 15) is 9.90 Å². The molecule has 1 aliphatic heterocycles. The van der Waals surface area contributed by atoms with Gasteiger partial charge >= 0.3 is 0 Å². The summed E-state index contributed by atoms with van der Waals surface area (Å²) in [5, 5.41) is 15.6. The molecule has 20 heavy (non-hydrogen) atoms. The molecule has 0 saturated carbocycles. The first kappa shape index (κ1) is 14.6. The van der Waals surface area contributed by atoms with Crippen LogP contribution in [-0.4, -0.2) is 43.4 Å². The minimum absolute atomic E-state index is 0.0779. The minimum atomic E-state index is -0.384. The maximum atomic E-state index is 12.0. The van der Waals surface area contributed by atoms with Gasteiger partial charge in [0.2, 0.25) is 0 Å². The van der Waals surface area contributed by atoms with Crippen molar-refractivity contribution in [3.63, 3.8) is 0 Å². The van der Waals surface area contributed by atoms with Crippen LogP contribution in [0.25, 0.3) is 0 Å². The molecule has 1 heterocycles. The first-order valence-corrected chi connectivity index (χ1v) is 6.71. The number of hydrogen-bond donors (Lipinski definition) is 3. The van der Waals surface area contributed by atoms with Crippen molar-refractivity contribution in [2.75, 3.05) is 26.2 Å². The van der Waals surface area contributed by atoms with Gasteiger partial charge in [-0.1, -0.05) is 12.7 Å². The largest absolute Gasteiger partial charge is 0.490 e. The molecule has 0 spiro atoms. The molecule has 108 valence electrons. The van der Waals surface area contributed by atoms with E-state index in [1.54, 1.807) is 30.3 Å². The van der Waals surface area contributed by atoms with Gasteiger partial charge in [0.05, 0.1) is 6.10 Å². The molecule has 1 fully saturated rings. The van der Waals surface area contributed by atoms with E-state index < -0.39 is 0 Å². The summed E-state index contributed by atoms with van der Waals surface area (Å²) in [6, 6.07) is 6.95. The Morgan fingerprint density at radius 2 is 2.20 bits per heavy atom. The van der Waals surface area contributed by atoms with Crippen molar-refractivity contribution >= 4 is 5.91 Å². The normalized spacial score (nSPS) is 21.4. The van der Waals surface area contributed by atoms with E-state index in [-0.39, 0.29) is 17.9 Å². The summed E-state index contributed by atoms with van der Waals surface area (Å²) in [5.41, 5.74) is 0.580. The third-order valence-electron chi connectivity index (χ3n) is 3.31. The van der Waals surface area contributed by atoms with E-state index in [1.165, 1.54) is 0 Å². The van der Waals surface area contributed by atoms with Crippen LogP contribution < -0.4 is 15.4 Å². The molecule has 1 aromatic rings. The Morgan fingerprint density at radius 1 is 1.45 bits per heavy atom. The first-order chi connectivity index (χ1) is 9.70. The number of carbonyl (C=O) groups excluding carboxylic acids is 1. The maximum absolute atomic E-state index is 12.0. The number of aliphatic hydroxyl groups is 1. The van der Waals surface area contributed by atoms with Gasteiger partial charge in [-0.15, -0.1) is 0 Å². The second-order valence-electron chi connectivity index (χ2n) is 4.82. The number of amides is 1. The standard InChI is InChI=1S/C15H20N2O3/c1-2-7-20-13-5-3-11(4-6-13)15(19)17-9-12-8-16-10-14(12)18/h2-6,12,14,16,18H,1,7-10H2,(H,17,19). The number of ether oxygens (including phenoxy) is 1. The summed E-state index contributed by atoms with van der Waals surface area (Å²) in [7, 11) is 0. The predicted octanol–water partition coefficient (Wildman–Crippen LogP) is 0.561. The smallest absolute Gasteiger partial charge is 0.251 e. The van der Waals surface area contributed by atoms with E-state index in [0.29, 0.717) is 31.0 Å². The van der Waals surface area contributed by atoms with Gasteiger partial charge in [0.1, 0.15) is 12.4 Å². The number of rotatable bonds is 6. The zero-order chi connectivity index (χ0) is 14.4. The molecule has 2 atom stereocenters. The maximum Gasteiger partial charge on any atom is 0.251 e. The van der Waals surface area contributed by atoms with Crippen LogP contribution in [0.2, 0.25) is 0 Å². The predicted molar refractivity (Wildman–Crippen MR) is 76.8 cm³/mol. The van der Waals surface area contributed by atoms with E-state index in [1.807, 2.05) is 0 Å². The lowest BCUT2D eigenvalue weighted by atomic mass is 10.1. The number of β-amino-alcohol motifs (C(OH)–C–C–N with tert-alkyl or cyclic N) is 1. The van der Waals surface area contributed by atoms with Crippen LogP contribution in [0.1, 0.15) is 10.4 Å². The zero-order valence-electron chi connectivity index (χ0n) is 11.3. The van der Waals surface area contributed by atoms with Crippen molar-refractivity contribution < 1.29 is 14.6 Å². The Kier molecular flexibility index (Phi) is 5.15. The summed E-state index contributed by atoms with van der Waals surface area (Å²) in [4.78, 5) is 12.0. The Bertz CT molecular complexity index is 459. The molecule has 1 aromatic carbocycles. The van der Waals surface area contributed by atoms with Crippen LogP contribution in [0.3, 0.4) is 0 Å². The molecule has 0 aliphatic carbocycles. The first-order valence-electron chi connectivity index (χ1n) is 6.71. The Labute approximate surface area is 118 Å². The van der Waals surface area contributed by atoms with Crippen molar-refractivity contribution in [2.24, 2.45) is 5.92 Å². The molecule has 0 aromatic heterocycles. The molecule has 3 N–H and O–H groups in total. The van der Waals surface area contributed by atoms with Crippen molar-refractivity contribution in [3.8, 4) is 5.75 Å². The molecule has 0 bridgehead atoms. The number of benzene rings is 1. The average molecular weight is 276 g/mol. The quantitative estimate of drug-likeness (QED) is 0.664. The number of aliphatic hydroxyl groups excluding tert-OH is 1. The molecular weight excluding hydrogens is 256 g/mol. The fraction of sp³-hybridized carbons (Fsp3) is 0.400. The van der Waals surface area contributed by atoms with E-state index in [0.717, 1.165) is 6.54 Å². The van der Waals surface area contributed by atoms with Crippen LogP contribution >= 0.6 is 0 Å². The van der Waals surface area contributed by atoms with Crippen LogP contribution in [0.15, 0.2) is 36.9 Å². The second-order valence-corrected chi connectivity index (χ2v) is 4.82. The van der Waals surface area contributed by atoms with E-state index >= 15 is 0 Å².